The van der Waals surface area contributed by atoms with Crippen LogP contribution in [0.4, 0.5) is 8.78 Å². The lowest BCUT2D eigenvalue weighted by molar-refractivity contribution is 0.0665. The summed E-state index contributed by atoms with van der Waals surface area (Å²) in [6.45, 7) is -0.329. The van der Waals surface area contributed by atoms with Gasteiger partial charge in [-0.3, -0.25) is 4.57 Å². The Bertz CT molecular complexity index is 525. The Kier molecular flexibility index (Phi) is 4.50. The molecular formula is C13H14ClF2N3. The summed E-state index contributed by atoms with van der Waals surface area (Å²) in [5.41, 5.74) is 1.04. The molecule has 1 aromatic carbocycles. The fourth-order valence-corrected chi connectivity index (χ4v) is 1.90. The molecule has 6 heteroatoms. The van der Waals surface area contributed by atoms with Gasteiger partial charge in [-0.15, -0.1) is 0 Å². The Hall–Kier alpha value is -1.46. The van der Waals surface area contributed by atoms with Crippen molar-refractivity contribution in [2.45, 2.75) is 26.1 Å². The van der Waals surface area contributed by atoms with Crippen LogP contribution in [0.5, 0.6) is 0 Å². The highest BCUT2D eigenvalue weighted by Crippen LogP contribution is 2.17. The molecule has 0 aliphatic heterocycles. The Balaban J connectivity index is 1.98. The highest BCUT2D eigenvalue weighted by molar-refractivity contribution is 6.30. The zero-order valence-corrected chi connectivity index (χ0v) is 11.1. The number of benzene rings is 1. The summed E-state index contributed by atoms with van der Waals surface area (Å²) in [4.78, 5) is 3.92. The Morgan fingerprint density at radius 2 is 2.00 bits per heavy atom. The van der Waals surface area contributed by atoms with Gasteiger partial charge < -0.3 is 5.32 Å². The van der Waals surface area contributed by atoms with E-state index in [-0.39, 0.29) is 12.6 Å². The molecule has 102 valence electrons. The molecule has 2 aromatic rings. The quantitative estimate of drug-likeness (QED) is 0.906. The fourth-order valence-electron chi connectivity index (χ4n) is 1.77. The first-order valence-corrected chi connectivity index (χ1v) is 6.24. The van der Waals surface area contributed by atoms with E-state index in [1.165, 1.54) is 12.4 Å². The molecule has 0 aliphatic carbocycles. The summed E-state index contributed by atoms with van der Waals surface area (Å²) < 4.78 is 26.1. The van der Waals surface area contributed by atoms with E-state index in [9.17, 15) is 8.78 Å². The SMILES string of the molecule is C[C@@H](NCc1nccn1C(F)F)c1ccc(Cl)cc1. The molecule has 1 atom stereocenters. The van der Waals surface area contributed by atoms with Crippen LogP contribution in [0.3, 0.4) is 0 Å². The fraction of sp³-hybridized carbons (Fsp3) is 0.308. The van der Waals surface area contributed by atoms with Crippen LogP contribution in [0.15, 0.2) is 36.7 Å². The molecule has 0 radical (unpaired) electrons. The molecule has 1 heterocycles. The van der Waals surface area contributed by atoms with Crippen LogP contribution in [-0.2, 0) is 6.54 Å². The van der Waals surface area contributed by atoms with Gasteiger partial charge in [-0.2, -0.15) is 8.78 Å². The predicted molar refractivity (Wildman–Crippen MR) is 70.2 cm³/mol. The van der Waals surface area contributed by atoms with Gasteiger partial charge in [0.2, 0.25) is 0 Å². The van der Waals surface area contributed by atoms with Crippen molar-refractivity contribution in [3.63, 3.8) is 0 Å². The van der Waals surface area contributed by atoms with E-state index in [4.69, 9.17) is 11.6 Å². The number of nitrogens with zero attached hydrogens (tertiary/aromatic N) is 2. The number of nitrogens with one attached hydrogen (secondary N) is 1. The summed E-state index contributed by atoms with van der Waals surface area (Å²) >= 11 is 5.81. The van der Waals surface area contributed by atoms with Crippen molar-refractivity contribution in [3.05, 3.63) is 53.1 Å². The van der Waals surface area contributed by atoms with Crippen LogP contribution in [0, 0.1) is 0 Å². The third-order valence-corrected chi connectivity index (χ3v) is 3.15. The van der Waals surface area contributed by atoms with Gasteiger partial charge in [-0.05, 0) is 24.6 Å². The van der Waals surface area contributed by atoms with Crippen molar-refractivity contribution < 1.29 is 8.78 Å². The Morgan fingerprint density at radius 3 is 2.63 bits per heavy atom. The van der Waals surface area contributed by atoms with E-state index in [1.54, 1.807) is 12.1 Å². The number of rotatable bonds is 5. The molecule has 0 unspecified atom stereocenters. The average molecular weight is 286 g/mol. The number of imidazole rings is 1. The van der Waals surface area contributed by atoms with Gasteiger partial charge in [-0.25, -0.2) is 4.98 Å². The van der Waals surface area contributed by atoms with Gasteiger partial charge in [0.05, 0.1) is 6.54 Å². The smallest absolute Gasteiger partial charge is 0.303 e. The lowest BCUT2D eigenvalue weighted by Crippen LogP contribution is -2.20. The highest BCUT2D eigenvalue weighted by atomic mass is 35.5. The van der Waals surface area contributed by atoms with Crippen LogP contribution in [0.2, 0.25) is 5.02 Å². The van der Waals surface area contributed by atoms with Crippen molar-refractivity contribution in [1.29, 1.82) is 0 Å². The maximum absolute atomic E-state index is 12.6. The molecular weight excluding hydrogens is 272 g/mol. The second-order valence-corrected chi connectivity index (χ2v) is 4.62. The van der Waals surface area contributed by atoms with E-state index < -0.39 is 6.55 Å². The van der Waals surface area contributed by atoms with Crippen molar-refractivity contribution in [1.82, 2.24) is 14.9 Å². The number of hydrogen-bond donors (Lipinski definition) is 1. The van der Waals surface area contributed by atoms with Crippen molar-refractivity contribution >= 4 is 11.6 Å². The van der Waals surface area contributed by atoms with E-state index in [2.05, 4.69) is 10.3 Å². The predicted octanol–water partition coefficient (Wildman–Crippen LogP) is 3.78. The van der Waals surface area contributed by atoms with E-state index in [1.807, 2.05) is 19.1 Å². The molecule has 2 rings (SSSR count). The van der Waals surface area contributed by atoms with E-state index >= 15 is 0 Å². The molecule has 3 nitrogen and oxygen atoms in total. The van der Waals surface area contributed by atoms with E-state index in [0.717, 1.165) is 10.1 Å². The lowest BCUT2D eigenvalue weighted by atomic mass is 10.1. The third-order valence-electron chi connectivity index (χ3n) is 2.90. The normalized spacial score (nSPS) is 12.9. The number of halogens is 3. The molecule has 0 saturated heterocycles. The first kappa shape index (κ1) is 14.0. The van der Waals surface area contributed by atoms with Crippen molar-refractivity contribution in [2.75, 3.05) is 0 Å². The summed E-state index contributed by atoms with van der Waals surface area (Å²) in [6, 6.07) is 7.43. The minimum atomic E-state index is -2.56. The maximum atomic E-state index is 12.6. The molecule has 0 bridgehead atoms. The van der Waals surface area contributed by atoms with Crippen molar-refractivity contribution in [3.8, 4) is 0 Å². The van der Waals surface area contributed by atoms with Gasteiger partial charge in [0.1, 0.15) is 5.82 Å². The second-order valence-electron chi connectivity index (χ2n) is 4.18. The minimum absolute atomic E-state index is 0.0279. The molecule has 0 fully saturated rings. The minimum Gasteiger partial charge on any atom is -0.303 e. The molecule has 0 saturated carbocycles. The topological polar surface area (TPSA) is 29.9 Å². The van der Waals surface area contributed by atoms with Crippen LogP contribution in [0.25, 0.3) is 0 Å². The molecule has 1 N–H and O–H groups in total. The summed E-state index contributed by atoms with van der Waals surface area (Å²) in [6.07, 6.45) is 2.64. The number of aromatic nitrogens is 2. The van der Waals surface area contributed by atoms with Crippen LogP contribution >= 0.6 is 11.6 Å². The monoisotopic (exact) mass is 285 g/mol. The summed E-state index contributed by atoms with van der Waals surface area (Å²) in [7, 11) is 0. The largest absolute Gasteiger partial charge is 0.319 e. The first-order valence-electron chi connectivity index (χ1n) is 5.86. The van der Waals surface area contributed by atoms with Crippen LogP contribution < -0.4 is 5.32 Å². The van der Waals surface area contributed by atoms with Gasteiger partial charge in [0.25, 0.3) is 0 Å². The van der Waals surface area contributed by atoms with Crippen LogP contribution in [0.1, 0.15) is 30.9 Å². The van der Waals surface area contributed by atoms with Gasteiger partial charge in [0.15, 0.2) is 0 Å². The van der Waals surface area contributed by atoms with Gasteiger partial charge >= 0.3 is 6.55 Å². The standard InChI is InChI=1S/C13H14ClF2N3/c1-9(10-2-4-11(14)5-3-10)18-8-12-17-6-7-19(12)13(15)16/h2-7,9,13,18H,8H2,1H3/t9-/m1/s1. The van der Waals surface area contributed by atoms with E-state index in [0.29, 0.717) is 10.8 Å². The third kappa shape index (κ3) is 3.52. The lowest BCUT2D eigenvalue weighted by Gasteiger charge is -2.14. The molecule has 0 spiro atoms. The number of hydrogen-bond acceptors (Lipinski definition) is 2. The maximum Gasteiger partial charge on any atom is 0.319 e. The zero-order chi connectivity index (χ0) is 13.8. The Morgan fingerprint density at radius 1 is 1.32 bits per heavy atom. The zero-order valence-electron chi connectivity index (χ0n) is 10.4. The number of alkyl halides is 2. The van der Waals surface area contributed by atoms with Crippen molar-refractivity contribution in [2.24, 2.45) is 0 Å². The van der Waals surface area contributed by atoms with Crippen LogP contribution in [-0.4, -0.2) is 9.55 Å². The average Bonchev–Trinajstić information content (AvgIpc) is 2.85. The first-order chi connectivity index (χ1) is 9.08. The van der Waals surface area contributed by atoms with Gasteiger partial charge in [-0.1, -0.05) is 23.7 Å². The molecule has 19 heavy (non-hydrogen) atoms. The molecule has 0 amide bonds. The molecule has 1 aromatic heterocycles. The second kappa shape index (κ2) is 6.12. The molecule has 0 aliphatic rings. The summed E-state index contributed by atoms with van der Waals surface area (Å²) in [5, 5.41) is 3.83. The Labute approximate surface area is 115 Å². The van der Waals surface area contributed by atoms with Gasteiger partial charge in [0, 0.05) is 23.5 Å². The highest BCUT2D eigenvalue weighted by Gasteiger charge is 2.12. The summed E-state index contributed by atoms with van der Waals surface area (Å²) in [5.74, 6) is 0.316.